The van der Waals surface area contributed by atoms with Gasteiger partial charge in [-0.15, -0.1) is 11.6 Å². The summed E-state index contributed by atoms with van der Waals surface area (Å²) in [5, 5.41) is 3.95. The van der Waals surface area contributed by atoms with Gasteiger partial charge in [-0.05, 0) is 43.7 Å². The molecular weight excluding hydrogens is 388 g/mol. The Morgan fingerprint density at radius 1 is 1.28 bits per heavy atom. The fourth-order valence-corrected chi connectivity index (χ4v) is 4.76. The van der Waals surface area contributed by atoms with E-state index in [9.17, 15) is 4.79 Å². The number of ether oxygens (including phenoxy) is 1. The minimum atomic E-state index is -0.111. The smallest absolute Gasteiger partial charge is 0.254 e. The van der Waals surface area contributed by atoms with Crippen molar-refractivity contribution in [3.05, 3.63) is 42.1 Å². The van der Waals surface area contributed by atoms with Crippen LogP contribution in [0, 0.1) is 5.92 Å². The van der Waals surface area contributed by atoms with Gasteiger partial charge in [0.2, 0.25) is 0 Å². The summed E-state index contributed by atoms with van der Waals surface area (Å²) in [4.78, 5) is 19.6. The molecule has 4 rings (SSSR count). The zero-order valence-corrected chi connectivity index (χ0v) is 17.4. The van der Waals surface area contributed by atoms with Crippen LogP contribution >= 0.6 is 11.6 Å². The number of likely N-dealkylation sites (tertiary alicyclic amines) is 1. The lowest BCUT2D eigenvalue weighted by Crippen LogP contribution is -2.56. The molecule has 3 heterocycles. The van der Waals surface area contributed by atoms with Crippen LogP contribution in [0.3, 0.4) is 0 Å². The highest BCUT2D eigenvalue weighted by molar-refractivity contribution is 6.21. The summed E-state index contributed by atoms with van der Waals surface area (Å²) in [6.45, 7) is 2.83. The van der Waals surface area contributed by atoms with Gasteiger partial charge < -0.3 is 15.8 Å². The van der Waals surface area contributed by atoms with E-state index >= 15 is 0 Å². The summed E-state index contributed by atoms with van der Waals surface area (Å²) in [6.07, 6.45) is 5.84. The van der Waals surface area contributed by atoms with Gasteiger partial charge in [-0.1, -0.05) is 18.2 Å². The second-order valence-corrected chi connectivity index (χ2v) is 8.74. The molecule has 0 spiro atoms. The van der Waals surface area contributed by atoms with Gasteiger partial charge in [0, 0.05) is 43.4 Å². The van der Waals surface area contributed by atoms with Crippen LogP contribution in [0.1, 0.15) is 36.0 Å². The third-order valence-corrected chi connectivity index (χ3v) is 6.66. The number of amides is 1. The third-order valence-electron chi connectivity index (χ3n) is 6.20. The largest absolute Gasteiger partial charge is 0.381 e. The Bertz CT molecular complexity index is 837. The highest BCUT2D eigenvalue weighted by Gasteiger charge is 2.34. The molecule has 3 N–H and O–H groups in total. The van der Waals surface area contributed by atoms with Gasteiger partial charge in [-0.25, -0.2) is 0 Å². The van der Waals surface area contributed by atoms with Crippen molar-refractivity contribution >= 4 is 28.4 Å². The summed E-state index contributed by atoms with van der Waals surface area (Å²) >= 11 is 6.47. The first-order valence-electron chi connectivity index (χ1n) is 10.4. The standard InChI is InChI=1S/C22H29ClN4O2/c23-19-13-27(17(12-20(19)24)11-15-6-9-29-10-7-15)14-26-22(28)18-5-1-3-16-4-2-8-25-21(16)18/h1-5,8,15,17,19-20H,6-7,9-14,24H2,(H,26,28). The summed E-state index contributed by atoms with van der Waals surface area (Å²) in [7, 11) is 0. The minimum Gasteiger partial charge on any atom is -0.381 e. The molecule has 0 aliphatic carbocycles. The molecule has 1 aromatic carbocycles. The number of nitrogens with two attached hydrogens (primary N) is 1. The number of alkyl halides is 1. The molecular formula is C22H29ClN4O2. The average molecular weight is 417 g/mol. The Kier molecular flexibility index (Phi) is 6.65. The van der Waals surface area contributed by atoms with E-state index in [0.717, 1.165) is 49.8 Å². The van der Waals surface area contributed by atoms with Gasteiger partial charge in [0.25, 0.3) is 5.91 Å². The van der Waals surface area contributed by atoms with Gasteiger partial charge in [0.15, 0.2) is 0 Å². The van der Waals surface area contributed by atoms with Crippen molar-refractivity contribution < 1.29 is 9.53 Å². The van der Waals surface area contributed by atoms with Gasteiger partial charge in [0.1, 0.15) is 0 Å². The van der Waals surface area contributed by atoms with Crippen LogP contribution in [0.4, 0.5) is 0 Å². The first-order chi connectivity index (χ1) is 14.1. The summed E-state index contributed by atoms with van der Waals surface area (Å²) in [5.74, 6) is 0.536. The summed E-state index contributed by atoms with van der Waals surface area (Å²) in [6, 6.07) is 9.84. The van der Waals surface area contributed by atoms with E-state index in [4.69, 9.17) is 22.1 Å². The molecule has 29 heavy (non-hydrogen) atoms. The molecule has 2 fully saturated rings. The van der Waals surface area contributed by atoms with Gasteiger partial charge in [-0.3, -0.25) is 14.7 Å². The molecule has 7 heteroatoms. The van der Waals surface area contributed by atoms with E-state index in [2.05, 4.69) is 15.2 Å². The van der Waals surface area contributed by atoms with Crippen molar-refractivity contribution in [2.24, 2.45) is 11.7 Å². The molecule has 2 aliphatic rings. The number of nitrogens with one attached hydrogen (secondary N) is 1. The number of nitrogens with zero attached hydrogens (tertiary/aromatic N) is 2. The number of halogens is 1. The van der Waals surface area contributed by atoms with Crippen LogP contribution in [0.5, 0.6) is 0 Å². The van der Waals surface area contributed by atoms with Gasteiger partial charge in [0.05, 0.1) is 23.1 Å². The van der Waals surface area contributed by atoms with Crippen LogP contribution < -0.4 is 11.1 Å². The second kappa shape index (κ2) is 9.39. The third kappa shape index (κ3) is 4.89. The predicted molar refractivity (Wildman–Crippen MR) is 115 cm³/mol. The molecule has 0 saturated carbocycles. The molecule has 6 nitrogen and oxygen atoms in total. The maximum Gasteiger partial charge on any atom is 0.254 e. The van der Waals surface area contributed by atoms with Crippen LogP contribution in [-0.2, 0) is 4.74 Å². The zero-order chi connectivity index (χ0) is 20.2. The number of rotatable bonds is 5. The maximum absolute atomic E-state index is 12.9. The highest BCUT2D eigenvalue weighted by Crippen LogP contribution is 2.29. The molecule has 2 saturated heterocycles. The lowest BCUT2D eigenvalue weighted by Gasteiger charge is -2.42. The normalized spacial score (nSPS) is 26.5. The number of aromatic nitrogens is 1. The molecule has 0 radical (unpaired) electrons. The van der Waals surface area contributed by atoms with Crippen molar-refractivity contribution in [2.75, 3.05) is 26.4 Å². The Labute approximate surface area is 176 Å². The number of fused-ring (bicyclic) bond motifs is 1. The van der Waals surface area contributed by atoms with Crippen LogP contribution in [0.25, 0.3) is 10.9 Å². The number of hydrogen-bond acceptors (Lipinski definition) is 5. The zero-order valence-electron chi connectivity index (χ0n) is 16.6. The fraction of sp³-hybridized carbons (Fsp3) is 0.545. The van der Waals surface area contributed by atoms with Crippen molar-refractivity contribution in [3.8, 4) is 0 Å². The van der Waals surface area contributed by atoms with E-state index in [1.807, 2.05) is 30.3 Å². The molecule has 0 bridgehead atoms. The lowest BCUT2D eigenvalue weighted by atomic mass is 9.86. The average Bonchev–Trinajstić information content (AvgIpc) is 2.75. The SMILES string of the molecule is NC1CC(CC2CCOCC2)N(CNC(=O)c2cccc3cccnc23)CC1Cl. The topological polar surface area (TPSA) is 80.5 Å². The molecule has 3 atom stereocenters. The predicted octanol–water partition coefficient (Wildman–Crippen LogP) is 2.75. The Balaban J connectivity index is 1.43. The molecule has 156 valence electrons. The van der Waals surface area contributed by atoms with Gasteiger partial charge >= 0.3 is 0 Å². The number of benzene rings is 1. The molecule has 3 unspecified atom stereocenters. The number of carbonyl (C=O) groups excluding carboxylic acids is 1. The van der Waals surface area contributed by atoms with Crippen molar-refractivity contribution in [2.45, 2.75) is 43.1 Å². The number of carbonyl (C=O) groups is 1. The molecule has 2 aromatic rings. The Morgan fingerprint density at radius 3 is 2.90 bits per heavy atom. The minimum absolute atomic E-state index is 0.00396. The number of para-hydroxylation sites is 1. The number of pyridine rings is 1. The quantitative estimate of drug-likeness (QED) is 0.732. The van der Waals surface area contributed by atoms with E-state index in [1.165, 1.54) is 0 Å². The van der Waals surface area contributed by atoms with Crippen LogP contribution in [0.2, 0.25) is 0 Å². The highest BCUT2D eigenvalue weighted by atomic mass is 35.5. The van der Waals surface area contributed by atoms with Crippen molar-refractivity contribution in [3.63, 3.8) is 0 Å². The number of hydrogen-bond donors (Lipinski definition) is 2. The van der Waals surface area contributed by atoms with E-state index in [1.54, 1.807) is 6.20 Å². The summed E-state index contributed by atoms with van der Waals surface area (Å²) < 4.78 is 5.49. The maximum atomic E-state index is 12.9. The molecule has 1 aromatic heterocycles. The summed E-state index contributed by atoms with van der Waals surface area (Å²) in [5.41, 5.74) is 7.59. The second-order valence-electron chi connectivity index (χ2n) is 8.18. The lowest BCUT2D eigenvalue weighted by molar-refractivity contribution is 0.0410. The first-order valence-corrected chi connectivity index (χ1v) is 10.9. The van der Waals surface area contributed by atoms with Crippen LogP contribution in [0.15, 0.2) is 36.5 Å². The molecule has 2 aliphatic heterocycles. The number of piperidine rings is 1. The van der Waals surface area contributed by atoms with Crippen molar-refractivity contribution in [1.82, 2.24) is 15.2 Å². The Hall–Kier alpha value is -1.73. The molecule has 1 amide bonds. The van der Waals surface area contributed by atoms with Gasteiger partial charge in [-0.2, -0.15) is 0 Å². The van der Waals surface area contributed by atoms with E-state index < -0.39 is 0 Å². The van der Waals surface area contributed by atoms with Crippen molar-refractivity contribution in [1.29, 1.82) is 0 Å². The fourth-order valence-electron chi connectivity index (χ4n) is 4.48. The van der Waals surface area contributed by atoms with E-state index in [-0.39, 0.29) is 17.3 Å². The first kappa shape index (κ1) is 20.5. The monoisotopic (exact) mass is 416 g/mol. The Morgan fingerprint density at radius 2 is 2.07 bits per heavy atom. The van der Waals surface area contributed by atoms with E-state index in [0.29, 0.717) is 30.7 Å². The van der Waals surface area contributed by atoms with Crippen LogP contribution in [-0.4, -0.2) is 59.7 Å².